The molecule has 0 saturated carbocycles. The third kappa shape index (κ3) is 2.94. The van der Waals surface area contributed by atoms with Crippen molar-refractivity contribution in [3.05, 3.63) is 35.0 Å². The van der Waals surface area contributed by atoms with E-state index >= 15 is 0 Å². The van der Waals surface area contributed by atoms with Crippen molar-refractivity contribution in [3.8, 4) is 6.07 Å². The lowest BCUT2D eigenvalue weighted by Gasteiger charge is -2.20. The zero-order valence-corrected chi connectivity index (χ0v) is 12.1. The van der Waals surface area contributed by atoms with Gasteiger partial charge in [0.05, 0.1) is 12.0 Å². The van der Waals surface area contributed by atoms with Crippen LogP contribution in [0.1, 0.15) is 24.4 Å². The number of benzene rings is 1. The standard InChI is InChI=1S/C15H15ClN2O2/c1-3-18(9-10(2)8-17)15(19)14-7-11-6-12(16)4-5-13(11)20-14/h4-7,10H,3,9H2,1-2H3. The summed E-state index contributed by atoms with van der Waals surface area (Å²) in [5.41, 5.74) is 0.627. The highest BCUT2D eigenvalue weighted by Gasteiger charge is 2.20. The number of nitrogens with zero attached hydrogens (tertiary/aromatic N) is 2. The number of halogens is 1. The van der Waals surface area contributed by atoms with Gasteiger partial charge in [-0.1, -0.05) is 11.6 Å². The topological polar surface area (TPSA) is 57.2 Å². The lowest BCUT2D eigenvalue weighted by Crippen LogP contribution is -2.34. The van der Waals surface area contributed by atoms with Crippen molar-refractivity contribution in [2.75, 3.05) is 13.1 Å². The Morgan fingerprint density at radius 2 is 2.25 bits per heavy atom. The molecule has 0 fully saturated rings. The van der Waals surface area contributed by atoms with Crippen LogP contribution < -0.4 is 0 Å². The van der Waals surface area contributed by atoms with Crippen LogP contribution in [0.2, 0.25) is 5.02 Å². The first-order chi connectivity index (χ1) is 9.55. The van der Waals surface area contributed by atoms with Crippen LogP contribution in [0.5, 0.6) is 0 Å². The Morgan fingerprint density at radius 1 is 1.50 bits per heavy atom. The van der Waals surface area contributed by atoms with Crippen LogP contribution >= 0.6 is 11.6 Å². The number of nitriles is 1. The maximum absolute atomic E-state index is 12.4. The van der Waals surface area contributed by atoms with E-state index in [1.165, 1.54) is 0 Å². The van der Waals surface area contributed by atoms with Crippen molar-refractivity contribution >= 4 is 28.5 Å². The minimum atomic E-state index is -0.210. The van der Waals surface area contributed by atoms with E-state index in [0.29, 0.717) is 23.7 Å². The number of furan rings is 1. The third-order valence-electron chi connectivity index (χ3n) is 3.07. The molecule has 104 valence electrons. The molecule has 0 saturated heterocycles. The largest absolute Gasteiger partial charge is 0.451 e. The zero-order chi connectivity index (χ0) is 14.7. The SMILES string of the molecule is CCN(CC(C)C#N)C(=O)c1cc2cc(Cl)ccc2o1. The third-order valence-corrected chi connectivity index (χ3v) is 3.31. The van der Waals surface area contributed by atoms with Crippen molar-refractivity contribution in [1.29, 1.82) is 5.26 Å². The summed E-state index contributed by atoms with van der Waals surface area (Å²) in [6, 6.07) is 9.03. The van der Waals surface area contributed by atoms with E-state index in [-0.39, 0.29) is 17.6 Å². The van der Waals surface area contributed by atoms with E-state index in [2.05, 4.69) is 6.07 Å². The Balaban J connectivity index is 2.27. The molecule has 0 aliphatic rings. The van der Waals surface area contributed by atoms with E-state index < -0.39 is 0 Å². The molecule has 0 aliphatic carbocycles. The van der Waals surface area contributed by atoms with Gasteiger partial charge in [-0.05, 0) is 38.1 Å². The summed E-state index contributed by atoms with van der Waals surface area (Å²) < 4.78 is 5.55. The van der Waals surface area contributed by atoms with E-state index in [1.807, 2.05) is 6.92 Å². The first kappa shape index (κ1) is 14.4. The van der Waals surface area contributed by atoms with Crippen LogP contribution in [-0.4, -0.2) is 23.9 Å². The average molecular weight is 291 g/mol. The van der Waals surface area contributed by atoms with Gasteiger partial charge < -0.3 is 9.32 Å². The molecule has 0 spiro atoms. The second kappa shape index (κ2) is 5.98. The molecule has 4 nitrogen and oxygen atoms in total. The van der Waals surface area contributed by atoms with Gasteiger partial charge in [0, 0.05) is 23.5 Å². The molecule has 0 radical (unpaired) electrons. The number of amides is 1. The summed E-state index contributed by atoms with van der Waals surface area (Å²) in [5, 5.41) is 10.2. The van der Waals surface area contributed by atoms with Crippen molar-refractivity contribution in [3.63, 3.8) is 0 Å². The highest BCUT2D eigenvalue weighted by Crippen LogP contribution is 2.24. The van der Waals surface area contributed by atoms with Crippen LogP contribution in [0, 0.1) is 17.2 Å². The molecule has 1 amide bonds. The monoisotopic (exact) mass is 290 g/mol. The van der Waals surface area contributed by atoms with Gasteiger partial charge in [-0.25, -0.2) is 0 Å². The number of hydrogen-bond acceptors (Lipinski definition) is 3. The predicted octanol–water partition coefficient (Wildman–Crippen LogP) is 3.71. The second-order valence-electron chi connectivity index (χ2n) is 4.67. The minimum absolute atomic E-state index is 0.207. The van der Waals surface area contributed by atoms with E-state index in [9.17, 15) is 4.79 Å². The summed E-state index contributed by atoms with van der Waals surface area (Å²) in [7, 11) is 0. The molecule has 1 atom stereocenters. The van der Waals surface area contributed by atoms with E-state index in [0.717, 1.165) is 5.39 Å². The van der Waals surface area contributed by atoms with Gasteiger partial charge in [0.15, 0.2) is 5.76 Å². The Hall–Kier alpha value is -1.99. The van der Waals surface area contributed by atoms with Gasteiger partial charge in [0.2, 0.25) is 0 Å². The van der Waals surface area contributed by atoms with Crippen molar-refractivity contribution in [2.45, 2.75) is 13.8 Å². The summed E-state index contributed by atoms with van der Waals surface area (Å²) in [6.45, 7) is 4.59. The summed E-state index contributed by atoms with van der Waals surface area (Å²) in [5.74, 6) is -0.145. The fourth-order valence-electron chi connectivity index (χ4n) is 2.00. The van der Waals surface area contributed by atoms with Crippen LogP contribution in [-0.2, 0) is 0 Å². The van der Waals surface area contributed by atoms with Crippen LogP contribution in [0.4, 0.5) is 0 Å². The molecule has 20 heavy (non-hydrogen) atoms. The average Bonchev–Trinajstić information content (AvgIpc) is 2.86. The molecule has 0 bridgehead atoms. The molecule has 1 aromatic carbocycles. The maximum Gasteiger partial charge on any atom is 0.289 e. The highest BCUT2D eigenvalue weighted by molar-refractivity contribution is 6.31. The smallest absolute Gasteiger partial charge is 0.289 e. The number of carbonyl (C=O) groups is 1. The van der Waals surface area contributed by atoms with Crippen LogP contribution in [0.3, 0.4) is 0 Å². The van der Waals surface area contributed by atoms with Gasteiger partial charge in [-0.2, -0.15) is 5.26 Å². The lowest BCUT2D eigenvalue weighted by atomic mass is 10.2. The molecule has 1 unspecified atom stereocenters. The molecule has 2 rings (SSSR count). The highest BCUT2D eigenvalue weighted by atomic mass is 35.5. The van der Waals surface area contributed by atoms with Crippen LogP contribution in [0.25, 0.3) is 11.0 Å². The first-order valence-electron chi connectivity index (χ1n) is 6.43. The minimum Gasteiger partial charge on any atom is -0.451 e. The Morgan fingerprint density at radius 3 is 2.90 bits per heavy atom. The molecular formula is C15H15ClN2O2. The van der Waals surface area contributed by atoms with E-state index in [1.54, 1.807) is 36.1 Å². The lowest BCUT2D eigenvalue weighted by molar-refractivity contribution is 0.0723. The molecule has 0 N–H and O–H groups in total. The van der Waals surface area contributed by atoms with Crippen molar-refractivity contribution < 1.29 is 9.21 Å². The van der Waals surface area contributed by atoms with Crippen molar-refractivity contribution in [1.82, 2.24) is 4.90 Å². The summed E-state index contributed by atoms with van der Waals surface area (Å²) >= 11 is 5.91. The summed E-state index contributed by atoms with van der Waals surface area (Å²) in [6.07, 6.45) is 0. The number of hydrogen-bond donors (Lipinski definition) is 0. The molecule has 1 aromatic heterocycles. The van der Waals surface area contributed by atoms with E-state index in [4.69, 9.17) is 21.3 Å². The Labute approximate surface area is 122 Å². The van der Waals surface area contributed by atoms with Gasteiger partial charge in [0.1, 0.15) is 5.58 Å². The quantitative estimate of drug-likeness (QED) is 0.862. The maximum atomic E-state index is 12.4. The van der Waals surface area contributed by atoms with Gasteiger partial charge in [0.25, 0.3) is 5.91 Å². The molecule has 0 aliphatic heterocycles. The van der Waals surface area contributed by atoms with Crippen molar-refractivity contribution in [2.24, 2.45) is 5.92 Å². The Kier molecular flexibility index (Phi) is 4.31. The molecule has 2 aromatic rings. The number of fused-ring (bicyclic) bond motifs is 1. The second-order valence-corrected chi connectivity index (χ2v) is 5.10. The molecular weight excluding hydrogens is 276 g/mol. The number of rotatable bonds is 4. The normalized spacial score (nSPS) is 12.1. The van der Waals surface area contributed by atoms with Gasteiger partial charge >= 0.3 is 0 Å². The van der Waals surface area contributed by atoms with Crippen LogP contribution in [0.15, 0.2) is 28.7 Å². The molecule has 1 heterocycles. The van der Waals surface area contributed by atoms with Gasteiger partial charge in [-0.3, -0.25) is 4.79 Å². The predicted molar refractivity (Wildman–Crippen MR) is 77.6 cm³/mol. The number of carbonyl (C=O) groups excluding carboxylic acids is 1. The fraction of sp³-hybridized carbons (Fsp3) is 0.333. The fourth-order valence-corrected chi connectivity index (χ4v) is 2.18. The zero-order valence-electron chi connectivity index (χ0n) is 11.4. The molecule has 5 heteroatoms. The summed E-state index contributed by atoms with van der Waals surface area (Å²) in [4.78, 5) is 14.0. The van der Waals surface area contributed by atoms with Gasteiger partial charge in [-0.15, -0.1) is 0 Å². The Bertz CT molecular complexity index is 672. The first-order valence-corrected chi connectivity index (χ1v) is 6.81.